The Morgan fingerprint density at radius 1 is 1.09 bits per heavy atom. The Hall–Kier alpha value is -3.79. The van der Waals surface area contributed by atoms with Crippen LogP contribution in [0.2, 0.25) is 0 Å². The average molecular weight is 471 g/mol. The van der Waals surface area contributed by atoms with E-state index in [4.69, 9.17) is 4.74 Å². The molecule has 3 N–H and O–H groups in total. The normalized spacial score (nSPS) is 10.6. The highest BCUT2D eigenvalue weighted by atomic mass is 32.1. The van der Waals surface area contributed by atoms with E-state index in [-0.39, 0.29) is 29.7 Å². The summed E-state index contributed by atoms with van der Waals surface area (Å²) in [6.07, 6.45) is 0.00502. The molecule has 1 aromatic heterocycles. The second kappa shape index (κ2) is 10.7. The fourth-order valence-electron chi connectivity index (χ4n) is 2.77. The number of thiazole rings is 1. The monoisotopic (exact) mass is 470 g/mol. The molecule has 0 radical (unpaired) electrons. The number of anilines is 3. The molecule has 0 fully saturated rings. The van der Waals surface area contributed by atoms with Gasteiger partial charge in [0.05, 0.1) is 24.9 Å². The molecule has 2 aromatic carbocycles. The Morgan fingerprint density at radius 2 is 1.88 bits per heavy atom. The van der Waals surface area contributed by atoms with Gasteiger partial charge in [0.1, 0.15) is 11.6 Å². The summed E-state index contributed by atoms with van der Waals surface area (Å²) in [6.45, 7) is 3.56. The van der Waals surface area contributed by atoms with Gasteiger partial charge in [-0.05, 0) is 36.4 Å². The summed E-state index contributed by atoms with van der Waals surface area (Å²) in [5.74, 6) is -1.31. The van der Waals surface area contributed by atoms with Gasteiger partial charge in [0.25, 0.3) is 5.91 Å². The predicted octanol–water partition coefficient (Wildman–Crippen LogP) is 4.32. The number of benzene rings is 2. The lowest BCUT2D eigenvalue weighted by atomic mass is 10.2. The number of ether oxygens (including phenoxy) is 1. The van der Waals surface area contributed by atoms with E-state index < -0.39 is 11.7 Å². The number of halogens is 1. The van der Waals surface area contributed by atoms with E-state index in [2.05, 4.69) is 20.9 Å². The Labute approximate surface area is 194 Å². The van der Waals surface area contributed by atoms with Crippen LogP contribution in [0.3, 0.4) is 0 Å². The molecule has 10 heteroatoms. The van der Waals surface area contributed by atoms with Crippen molar-refractivity contribution in [2.75, 3.05) is 23.1 Å². The summed E-state index contributed by atoms with van der Waals surface area (Å²) in [5.41, 5.74) is 1.41. The summed E-state index contributed by atoms with van der Waals surface area (Å²) in [6, 6.07) is 10.1. The summed E-state index contributed by atoms with van der Waals surface area (Å²) < 4.78 is 18.7. The summed E-state index contributed by atoms with van der Waals surface area (Å²) in [4.78, 5) is 41.0. The summed E-state index contributed by atoms with van der Waals surface area (Å²) in [5, 5.41) is 10.2. The quantitative estimate of drug-likeness (QED) is 0.454. The first-order valence-corrected chi connectivity index (χ1v) is 10.9. The zero-order chi connectivity index (χ0) is 24.0. The molecule has 3 rings (SSSR count). The smallest absolute Gasteiger partial charge is 0.255 e. The highest BCUT2D eigenvalue weighted by molar-refractivity contribution is 7.13. The van der Waals surface area contributed by atoms with Gasteiger partial charge >= 0.3 is 0 Å². The number of rotatable bonds is 8. The van der Waals surface area contributed by atoms with E-state index in [0.29, 0.717) is 27.9 Å². The maximum absolute atomic E-state index is 13.4. The molecular formula is C23H23FN4O4S. The number of amides is 3. The van der Waals surface area contributed by atoms with Crippen LogP contribution in [0.1, 0.15) is 29.9 Å². The van der Waals surface area contributed by atoms with Crippen LogP contribution in [0, 0.1) is 11.7 Å². The van der Waals surface area contributed by atoms with Crippen LogP contribution in [0.5, 0.6) is 5.75 Å². The fraction of sp³-hybridized carbons (Fsp3) is 0.217. The van der Waals surface area contributed by atoms with Gasteiger partial charge in [-0.15, -0.1) is 11.3 Å². The molecule has 0 saturated carbocycles. The molecule has 0 aliphatic heterocycles. The van der Waals surface area contributed by atoms with Crippen molar-refractivity contribution in [3.8, 4) is 5.75 Å². The second-order valence-corrected chi connectivity index (χ2v) is 8.25. The van der Waals surface area contributed by atoms with E-state index >= 15 is 0 Å². The van der Waals surface area contributed by atoms with Gasteiger partial charge < -0.3 is 20.7 Å². The molecule has 3 aromatic rings. The fourth-order valence-corrected chi connectivity index (χ4v) is 3.49. The van der Waals surface area contributed by atoms with E-state index in [1.807, 2.05) is 0 Å². The summed E-state index contributed by atoms with van der Waals surface area (Å²) in [7, 11) is 1.45. The molecule has 172 valence electrons. The molecule has 33 heavy (non-hydrogen) atoms. The van der Waals surface area contributed by atoms with Gasteiger partial charge in [-0.2, -0.15) is 0 Å². The number of hydrogen-bond donors (Lipinski definition) is 3. The zero-order valence-electron chi connectivity index (χ0n) is 18.3. The van der Waals surface area contributed by atoms with Crippen molar-refractivity contribution >= 4 is 45.6 Å². The molecule has 0 atom stereocenters. The van der Waals surface area contributed by atoms with E-state index in [0.717, 1.165) is 6.07 Å². The van der Waals surface area contributed by atoms with Gasteiger partial charge in [0, 0.05) is 22.5 Å². The molecule has 0 saturated heterocycles. The highest BCUT2D eigenvalue weighted by Gasteiger charge is 2.14. The first kappa shape index (κ1) is 23.9. The Morgan fingerprint density at radius 3 is 2.58 bits per heavy atom. The van der Waals surface area contributed by atoms with Gasteiger partial charge in [-0.1, -0.05) is 19.9 Å². The SMILES string of the molecule is COc1ccc(NC(=O)Cc2csc(NC(=O)C(C)C)n2)cc1NC(=O)c1cccc(F)c1. The molecule has 8 nitrogen and oxygen atoms in total. The van der Waals surface area contributed by atoms with Gasteiger partial charge in [0.2, 0.25) is 11.8 Å². The molecule has 0 bridgehead atoms. The topological polar surface area (TPSA) is 109 Å². The molecule has 0 unspecified atom stereocenters. The standard InChI is InChI=1S/C23H23FN4O4S/c1-13(2)21(30)28-23-26-17(12-33-23)11-20(29)25-16-7-8-19(32-3)18(10-16)27-22(31)14-5-4-6-15(24)9-14/h4-10,12-13H,11H2,1-3H3,(H,25,29)(H,27,31)(H,26,28,30). The Balaban J connectivity index is 1.66. The molecule has 0 aliphatic carbocycles. The number of nitrogens with zero attached hydrogens (tertiary/aromatic N) is 1. The Kier molecular flexibility index (Phi) is 7.73. The lowest BCUT2D eigenvalue weighted by Gasteiger charge is -2.13. The van der Waals surface area contributed by atoms with E-state index in [9.17, 15) is 18.8 Å². The zero-order valence-corrected chi connectivity index (χ0v) is 19.1. The maximum atomic E-state index is 13.4. The Bertz CT molecular complexity index is 1180. The molecule has 0 aliphatic rings. The molecule has 0 spiro atoms. The average Bonchev–Trinajstić information content (AvgIpc) is 3.20. The molecule has 3 amide bonds. The van der Waals surface area contributed by atoms with Crippen LogP contribution in [0.4, 0.5) is 20.9 Å². The largest absolute Gasteiger partial charge is 0.495 e. The number of methoxy groups -OCH3 is 1. The van der Waals surface area contributed by atoms with Crippen LogP contribution in [-0.4, -0.2) is 29.8 Å². The third kappa shape index (κ3) is 6.59. The minimum Gasteiger partial charge on any atom is -0.495 e. The third-order valence-corrected chi connectivity index (χ3v) is 5.27. The minimum absolute atomic E-state index is 0.00502. The van der Waals surface area contributed by atoms with Crippen LogP contribution in [-0.2, 0) is 16.0 Å². The number of hydrogen-bond acceptors (Lipinski definition) is 6. The lowest BCUT2D eigenvalue weighted by molar-refractivity contribution is -0.119. The van der Waals surface area contributed by atoms with Crippen LogP contribution in [0.15, 0.2) is 47.8 Å². The minimum atomic E-state index is -0.524. The predicted molar refractivity (Wildman–Crippen MR) is 125 cm³/mol. The van der Waals surface area contributed by atoms with Crippen molar-refractivity contribution in [2.45, 2.75) is 20.3 Å². The summed E-state index contributed by atoms with van der Waals surface area (Å²) >= 11 is 1.24. The number of carbonyl (C=O) groups excluding carboxylic acids is 3. The maximum Gasteiger partial charge on any atom is 0.255 e. The second-order valence-electron chi connectivity index (χ2n) is 7.39. The van der Waals surface area contributed by atoms with Gasteiger partial charge in [-0.25, -0.2) is 9.37 Å². The van der Waals surface area contributed by atoms with Crippen molar-refractivity contribution in [2.24, 2.45) is 5.92 Å². The van der Waals surface area contributed by atoms with Crippen molar-refractivity contribution in [1.82, 2.24) is 4.98 Å². The van der Waals surface area contributed by atoms with Gasteiger partial charge in [0.15, 0.2) is 5.13 Å². The van der Waals surface area contributed by atoms with Crippen molar-refractivity contribution in [3.63, 3.8) is 0 Å². The number of carbonyl (C=O) groups is 3. The molecule has 1 heterocycles. The molecular weight excluding hydrogens is 447 g/mol. The lowest BCUT2D eigenvalue weighted by Crippen LogP contribution is -2.18. The first-order valence-electron chi connectivity index (χ1n) is 10.0. The number of aromatic nitrogens is 1. The van der Waals surface area contributed by atoms with Gasteiger partial charge in [-0.3, -0.25) is 14.4 Å². The van der Waals surface area contributed by atoms with Crippen molar-refractivity contribution in [1.29, 1.82) is 0 Å². The van der Waals surface area contributed by atoms with E-state index in [1.165, 1.54) is 36.6 Å². The first-order chi connectivity index (χ1) is 15.7. The number of nitrogens with one attached hydrogen (secondary N) is 3. The third-order valence-electron chi connectivity index (χ3n) is 4.47. The van der Waals surface area contributed by atoms with Crippen molar-refractivity contribution < 1.29 is 23.5 Å². The van der Waals surface area contributed by atoms with Crippen LogP contribution < -0.4 is 20.7 Å². The van der Waals surface area contributed by atoms with Crippen LogP contribution in [0.25, 0.3) is 0 Å². The van der Waals surface area contributed by atoms with Crippen LogP contribution >= 0.6 is 11.3 Å². The van der Waals surface area contributed by atoms with E-state index in [1.54, 1.807) is 37.4 Å². The highest BCUT2D eigenvalue weighted by Crippen LogP contribution is 2.28. The van der Waals surface area contributed by atoms with Crippen molar-refractivity contribution in [3.05, 3.63) is 64.9 Å².